The average molecular weight is 288 g/mol. The minimum absolute atomic E-state index is 0.114. The molecule has 1 N–H and O–H groups in total. The van der Waals surface area contributed by atoms with Gasteiger partial charge < -0.3 is 5.11 Å². The zero-order valence-corrected chi connectivity index (χ0v) is 10.3. The first-order valence-electron chi connectivity index (χ1n) is 4.50. The molecule has 6 heteroatoms. The summed E-state index contributed by atoms with van der Waals surface area (Å²) < 4.78 is 2.90. The molecule has 0 aliphatic rings. The van der Waals surface area contributed by atoms with Crippen LogP contribution >= 0.6 is 27.3 Å². The quantitative estimate of drug-likeness (QED) is 0.931. The Morgan fingerprint density at radius 2 is 2.40 bits per heavy atom. The number of aliphatic hydroxyl groups excluding tert-OH is 1. The largest absolute Gasteiger partial charge is 0.396 e. The van der Waals surface area contributed by atoms with Gasteiger partial charge in [-0.25, -0.2) is 4.68 Å². The Labute approximate surface area is 99.7 Å². The van der Waals surface area contributed by atoms with Crippen LogP contribution in [-0.4, -0.2) is 26.7 Å². The van der Waals surface area contributed by atoms with Crippen molar-refractivity contribution in [2.75, 3.05) is 6.61 Å². The highest BCUT2D eigenvalue weighted by atomic mass is 79.9. The van der Waals surface area contributed by atoms with Gasteiger partial charge in [-0.05, 0) is 32.9 Å². The second kappa shape index (κ2) is 4.87. The molecule has 0 bridgehead atoms. The summed E-state index contributed by atoms with van der Waals surface area (Å²) >= 11 is 5.07. The minimum Gasteiger partial charge on any atom is -0.396 e. The molecule has 0 saturated carbocycles. The molecule has 0 aliphatic carbocycles. The molecular formula is C9H10BrN3OS. The van der Waals surface area contributed by atoms with Gasteiger partial charge in [0.1, 0.15) is 0 Å². The summed E-state index contributed by atoms with van der Waals surface area (Å²) in [5, 5.41) is 18.8. The van der Waals surface area contributed by atoms with Gasteiger partial charge in [-0.1, -0.05) is 5.21 Å². The molecule has 0 radical (unpaired) electrons. The average Bonchev–Trinajstić information content (AvgIpc) is 2.78. The van der Waals surface area contributed by atoms with Crippen molar-refractivity contribution >= 4 is 27.3 Å². The van der Waals surface area contributed by atoms with Crippen molar-refractivity contribution in [3.8, 4) is 0 Å². The Balaban J connectivity index is 2.04. The number of hydrogen-bond acceptors (Lipinski definition) is 4. The van der Waals surface area contributed by atoms with Crippen molar-refractivity contribution in [3.05, 3.63) is 32.7 Å². The number of nitrogens with zero attached hydrogens (tertiary/aromatic N) is 3. The lowest BCUT2D eigenvalue weighted by molar-refractivity contribution is 0.298. The summed E-state index contributed by atoms with van der Waals surface area (Å²) in [6, 6.07) is 2.07. The van der Waals surface area contributed by atoms with E-state index in [1.165, 1.54) is 5.56 Å². The first-order chi connectivity index (χ1) is 7.28. The molecule has 2 rings (SSSR count). The van der Waals surface area contributed by atoms with Gasteiger partial charge in [0.25, 0.3) is 0 Å². The SMILES string of the molecule is OCCc1cn(Cc2csc(Br)c2)nn1. The lowest BCUT2D eigenvalue weighted by Gasteiger charge is -1.95. The molecule has 2 aromatic rings. The number of rotatable bonds is 4. The van der Waals surface area contributed by atoms with Gasteiger partial charge in [0.05, 0.1) is 16.0 Å². The Morgan fingerprint density at radius 3 is 3.07 bits per heavy atom. The monoisotopic (exact) mass is 287 g/mol. The summed E-state index contributed by atoms with van der Waals surface area (Å²) in [6.45, 7) is 0.837. The summed E-state index contributed by atoms with van der Waals surface area (Å²) in [4.78, 5) is 0. The molecule has 15 heavy (non-hydrogen) atoms. The predicted molar refractivity (Wildman–Crippen MR) is 61.9 cm³/mol. The molecule has 0 atom stereocenters. The second-order valence-corrected chi connectivity index (χ2v) is 5.43. The molecule has 0 aromatic carbocycles. The topological polar surface area (TPSA) is 50.9 Å². The van der Waals surface area contributed by atoms with Gasteiger partial charge in [0.15, 0.2) is 0 Å². The van der Waals surface area contributed by atoms with E-state index in [1.54, 1.807) is 16.0 Å². The zero-order valence-electron chi connectivity index (χ0n) is 7.93. The van der Waals surface area contributed by atoms with Crippen molar-refractivity contribution in [1.82, 2.24) is 15.0 Å². The minimum atomic E-state index is 0.114. The number of thiophene rings is 1. The van der Waals surface area contributed by atoms with E-state index in [0.29, 0.717) is 6.42 Å². The van der Waals surface area contributed by atoms with E-state index in [4.69, 9.17) is 5.11 Å². The van der Waals surface area contributed by atoms with E-state index in [1.807, 2.05) is 6.20 Å². The van der Waals surface area contributed by atoms with Crippen LogP contribution in [0.1, 0.15) is 11.3 Å². The summed E-state index contributed by atoms with van der Waals surface area (Å²) in [5.41, 5.74) is 2.03. The fourth-order valence-electron chi connectivity index (χ4n) is 1.26. The van der Waals surface area contributed by atoms with E-state index in [0.717, 1.165) is 16.0 Å². The Hall–Kier alpha value is -0.720. The van der Waals surface area contributed by atoms with Gasteiger partial charge in [-0.15, -0.1) is 16.4 Å². The smallest absolute Gasteiger partial charge is 0.0850 e. The van der Waals surface area contributed by atoms with Crippen LogP contribution in [0.15, 0.2) is 21.4 Å². The molecular weight excluding hydrogens is 278 g/mol. The highest BCUT2D eigenvalue weighted by Crippen LogP contribution is 2.21. The Morgan fingerprint density at radius 1 is 1.53 bits per heavy atom. The second-order valence-electron chi connectivity index (χ2n) is 3.14. The van der Waals surface area contributed by atoms with Crippen LogP contribution in [0.25, 0.3) is 0 Å². The lowest BCUT2D eigenvalue weighted by atomic mass is 10.3. The first kappa shape index (κ1) is 10.8. The molecule has 2 heterocycles. The summed E-state index contributed by atoms with van der Waals surface area (Å²) in [6.07, 6.45) is 2.43. The first-order valence-corrected chi connectivity index (χ1v) is 6.18. The molecule has 0 spiro atoms. The van der Waals surface area contributed by atoms with E-state index in [9.17, 15) is 0 Å². The standard InChI is InChI=1S/C9H10BrN3OS/c10-9-3-7(6-15-9)4-13-5-8(1-2-14)11-12-13/h3,5-6,14H,1-2,4H2. The third-order valence-electron chi connectivity index (χ3n) is 1.92. The van der Waals surface area contributed by atoms with Crippen molar-refractivity contribution in [3.63, 3.8) is 0 Å². The molecule has 2 aromatic heterocycles. The van der Waals surface area contributed by atoms with Gasteiger partial charge in [-0.2, -0.15) is 0 Å². The van der Waals surface area contributed by atoms with Gasteiger partial charge >= 0.3 is 0 Å². The summed E-state index contributed by atoms with van der Waals surface area (Å²) in [7, 11) is 0. The van der Waals surface area contributed by atoms with Crippen LogP contribution in [0.3, 0.4) is 0 Å². The van der Waals surface area contributed by atoms with Crippen LogP contribution in [0.4, 0.5) is 0 Å². The number of halogens is 1. The predicted octanol–water partition coefficient (Wildman–Crippen LogP) is 1.69. The van der Waals surface area contributed by atoms with Crippen LogP contribution in [-0.2, 0) is 13.0 Å². The normalized spacial score (nSPS) is 10.8. The molecule has 4 nitrogen and oxygen atoms in total. The highest BCUT2D eigenvalue weighted by Gasteiger charge is 2.02. The third kappa shape index (κ3) is 2.87. The van der Waals surface area contributed by atoms with Crippen molar-refractivity contribution < 1.29 is 5.11 Å². The van der Waals surface area contributed by atoms with Crippen molar-refractivity contribution in [2.45, 2.75) is 13.0 Å². The zero-order chi connectivity index (χ0) is 10.7. The van der Waals surface area contributed by atoms with E-state index >= 15 is 0 Å². The van der Waals surface area contributed by atoms with Crippen molar-refractivity contribution in [1.29, 1.82) is 0 Å². The maximum atomic E-state index is 8.74. The maximum absolute atomic E-state index is 8.74. The molecule has 80 valence electrons. The fourth-order valence-corrected chi connectivity index (χ4v) is 2.46. The highest BCUT2D eigenvalue weighted by molar-refractivity contribution is 9.11. The van der Waals surface area contributed by atoms with Gasteiger partial charge in [0.2, 0.25) is 0 Å². The van der Waals surface area contributed by atoms with Crippen LogP contribution < -0.4 is 0 Å². The molecule has 0 unspecified atom stereocenters. The molecule has 0 saturated heterocycles. The Bertz CT molecular complexity index is 440. The van der Waals surface area contributed by atoms with Crippen LogP contribution in [0.5, 0.6) is 0 Å². The molecule has 0 fully saturated rings. The fraction of sp³-hybridized carbons (Fsp3) is 0.333. The Kier molecular flexibility index (Phi) is 3.50. The van der Waals surface area contributed by atoms with E-state index in [2.05, 4.69) is 37.7 Å². The third-order valence-corrected chi connectivity index (χ3v) is 3.47. The number of aliphatic hydroxyl groups is 1. The van der Waals surface area contributed by atoms with E-state index < -0.39 is 0 Å². The molecule has 0 aliphatic heterocycles. The van der Waals surface area contributed by atoms with Crippen molar-refractivity contribution in [2.24, 2.45) is 0 Å². The van der Waals surface area contributed by atoms with Crippen LogP contribution in [0.2, 0.25) is 0 Å². The van der Waals surface area contributed by atoms with Gasteiger partial charge in [-0.3, -0.25) is 0 Å². The summed E-state index contributed by atoms with van der Waals surface area (Å²) in [5.74, 6) is 0. The maximum Gasteiger partial charge on any atom is 0.0850 e. The molecule has 0 amide bonds. The lowest BCUT2D eigenvalue weighted by Crippen LogP contribution is -1.98. The van der Waals surface area contributed by atoms with Gasteiger partial charge in [0, 0.05) is 19.2 Å². The number of aromatic nitrogens is 3. The van der Waals surface area contributed by atoms with Crippen LogP contribution in [0, 0.1) is 0 Å². The van der Waals surface area contributed by atoms with E-state index in [-0.39, 0.29) is 6.61 Å². The number of hydrogen-bond donors (Lipinski definition) is 1.